The van der Waals surface area contributed by atoms with Crippen LogP contribution in [0.2, 0.25) is 0 Å². The number of thiophene rings is 2. The van der Waals surface area contributed by atoms with Crippen LogP contribution in [0, 0.1) is 6.92 Å². The third kappa shape index (κ3) is 1.74. The first-order valence-corrected chi connectivity index (χ1v) is 9.13. The van der Waals surface area contributed by atoms with Crippen LogP contribution in [0.25, 0.3) is 31.0 Å². The molecule has 2 aromatic carbocycles. The third-order valence-electron chi connectivity index (χ3n) is 4.45. The molecule has 0 fully saturated rings. The Morgan fingerprint density at radius 2 is 1.82 bits per heavy atom. The van der Waals surface area contributed by atoms with Crippen LogP contribution in [0.15, 0.2) is 54.6 Å². The minimum Gasteiger partial charge on any atom is -0.141 e. The van der Waals surface area contributed by atoms with Crippen molar-refractivity contribution in [1.82, 2.24) is 0 Å². The highest BCUT2D eigenvalue weighted by Crippen LogP contribution is 2.47. The minimum atomic E-state index is 1.09. The SMILES string of the molecule is Cc1ccc(-c2ccc3c4c(sc3c2)-c2ccccc2C4)s1. The molecule has 0 saturated carbocycles. The zero-order valence-electron chi connectivity index (χ0n) is 12.2. The summed E-state index contributed by atoms with van der Waals surface area (Å²) in [6.45, 7) is 2.17. The van der Waals surface area contributed by atoms with Crippen LogP contribution in [0.1, 0.15) is 16.0 Å². The van der Waals surface area contributed by atoms with E-state index in [1.54, 1.807) is 0 Å². The number of hydrogen-bond acceptors (Lipinski definition) is 2. The third-order valence-corrected chi connectivity index (χ3v) is 6.72. The lowest BCUT2D eigenvalue weighted by Gasteiger charge is -2.00. The first kappa shape index (κ1) is 12.6. The normalized spacial score (nSPS) is 12.6. The molecule has 0 N–H and O–H groups in total. The van der Waals surface area contributed by atoms with Crippen molar-refractivity contribution >= 4 is 32.8 Å². The average Bonchev–Trinajstić information content (AvgIpc) is 3.20. The minimum absolute atomic E-state index is 1.09. The molecule has 0 atom stereocenters. The van der Waals surface area contributed by atoms with E-state index < -0.39 is 0 Å². The van der Waals surface area contributed by atoms with Gasteiger partial charge in [-0.25, -0.2) is 0 Å². The van der Waals surface area contributed by atoms with Crippen LogP contribution in [0.5, 0.6) is 0 Å². The van der Waals surface area contributed by atoms with Gasteiger partial charge in [0.25, 0.3) is 0 Å². The summed E-state index contributed by atoms with van der Waals surface area (Å²) >= 11 is 3.82. The molecule has 0 bridgehead atoms. The summed E-state index contributed by atoms with van der Waals surface area (Å²) in [5, 5.41) is 1.44. The predicted octanol–water partition coefficient (Wildman–Crippen LogP) is 6.51. The van der Waals surface area contributed by atoms with Crippen LogP contribution in [-0.4, -0.2) is 0 Å². The Balaban J connectivity index is 1.71. The summed E-state index contributed by atoms with van der Waals surface area (Å²) in [5.41, 5.74) is 5.78. The molecule has 106 valence electrons. The van der Waals surface area contributed by atoms with Gasteiger partial charge in [0.1, 0.15) is 0 Å². The van der Waals surface area contributed by atoms with E-state index in [4.69, 9.17) is 0 Å². The number of rotatable bonds is 1. The highest BCUT2D eigenvalue weighted by atomic mass is 32.1. The van der Waals surface area contributed by atoms with Gasteiger partial charge in [0, 0.05) is 25.8 Å². The second kappa shape index (κ2) is 4.55. The van der Waals surface area contributed by atoms with Crippen molar-refractivity contribution < 1.29 is 0 Å². The van der Waals surface area contributed by atoms with Crippen molar-refractivity contribution in [3.63, 3.8) is 0 Å². The van der Waals surface area contributed by atoms with Crippen LogP contribution >= 0.6 is 22.7 Å². The maximum absolute atomic E-state index is 2.37. The summed E-state index contributed by atoms with van der Waals surface area (Å²) in [6.07, 6.45) is 1.09. The van der Waals surface area contributed by atoms with Gasteiger partial charge in [0.2, 0.25) is 0 Å². The summed E-state index contributed by atoms with van der Waals surface area (Å²) < 4.78 is 1.42. The second-order valence-electron chi connectivity index (χ2n) is 5.86. The highest BCUT2D eigenvalue weighted by Gasteiger charge is 2.23. The van der Waals surface area contributed by atoms with Crippen molar-refractivity contribution in [2.45, 2.75) is 13.3 Å². The molecule has 5 rings (SSSR count). The average molecular weight is 318 g/mol. The van der Waals surface area contributed by atoms with Crippen LogP contribution in [0.3, 0.4) is 0 Å². The van der Waals surface area contributed by atoms with Crippen LogP contribution in [-0.2, 0) is 6.42 Å². The van der Waals surface area contributed by atoms with E-state index in [0.717, 1.165) is 6.42 Å². The molecule has 0 unspecified atom stereocenters. The highest BCUT2D eigenvalue weighted by molar-refractivity contribution is 7.22. The van der Waals surface area contributed by atoms with Crippen molar-refractivity contribution in [3.8, 4) is 20.9 Å². The summed E-state index contributed by atoms with van der Waals surface area (Å²) in [6, 6.07) is 20.2. The van der Waals surface area contributed by atoms with Gasteiger partial charge in [-0.3, -0.25) is 0 Å². The number of fused-ring (bicyclic) bond motifs is 5. The van der Waals surface area contributed by atoms with Crippen LogP contribution in [0.4, 0.5) is 0 Å². The summed E-state index contributed by atoms with van der Waals surface area (Å²) in [7, 11) is 0. The van der Waals surface area contributed by atoms with Crippen molar-refractivity contribution in [1.29, 1.82) is 0 Å². The number of aryl methyl sites for hydroxylation is 1. The van der Waals surface area contributed by atoms with E-state index in [1.165, 1.54) is 47.0 Å². The Labute approximate surface area is 137 Å². The lowest BCUT2D eigenvalue weighted by atomic mass is 10.1. The molecule has 1 aliphatic carbocycles. The van der Waals surface area contributed by atoms with Crippen molar-refractivity contribution in [3.05, 3.63) is 70.6 Å². The molecule has 22 heavy (non-hydrogen) atoms. The fourth-order valence-corrected chi connectivity index (χ4v) is 5.56. The van der Waals surface area contributed by atoms with E-state index in [-0.39, 0.29) is 0 Å². The van der Waals surface area contributed by atoms with E-state index in [9.17, 15) is 0 Å². The van der Waals surface area contributed by atoms with Gasteiger partial charge < -0.3 is 0 Å². The maximum atomic E-state index is 2.37. The van der Waals surface area contributed by atoms with E-state index >= 15 is 0 Å². The monoisotopic (exact) mass is 318 g/mol. The van der Waals surface area contributed by atoms with Gasteiger partial charge >= 0.3 is 0 Å². The Morgan fingerprint density at radius 1 is 0.909 bits per heavy atom. The van der Waals surface area contributed by atoms with Crippen molar-refractivity contribution in [2.75, 3.05) is 0 Å². The molecule has 0 nitrogen and oxygen atoms in total. The van der Waals surface area contributed by atoms with Gasteiger partial charge in [-0.05, 0) is 52.8 Å². The maximum Gasteiger partial charge on any atom is 0.0393 e. The molecule has 0 spiro atoms. The fourth-order valence-electron chi connectivity index (χ4n) is 3.37. The van der Waals surface area contributed by atoms with Gasteiger partial charge in [0.15, 0.2) is 0 Å². The number of benzene rings is 2. The van der Waals surface area contributed by atoms with Gasteiger partial charge in [-0.1, -0.05) is 36.4 Å². The Hall–Kier alpha value is -1.90. The Morgan fingerprint density at radius 3 is 2.68 bits per heavy atom. The smallest absolute Gasteiger partial charge is 0.0393 e. The lowest BCUT2D eigenvalue weighted by molar-refractivity contribution is 1.29. The zero-order valence-corrected chi connectivity index (χ0v) is 13.9. The first-order valence-electron chi connectivity index (χ1n) is 7.50. The lowest BCUT2D eigenvalue weighted by Crippen LogP contribution is -1.80. The fraction of sp³-hybridized carbons (Fsp3) is 0.100. The largest absolute Gasteiger partial charge is 0.141 e. The van der Waals surface area contributed by atoms with E-state index in [2.05, 4.69) is 61.5 Å². The van der Waals surface area contributed by atoms with Gasteiger partial charge in [-0.15, -0.1) is 22.7 Å². The van der Waals surface area contributed by atoms with Crippen molar-refractivity contribution in [2.24, 2.45) is 0 Å². The quantitative estimate of drug-likeness (QED) is 0.330. The predicted molar refractivity (Wildman–Crippen MR) is 98.1 cm³/mol. The molecule has 0 radical (unpaired) electrons. The van der Waals surface area contributed by atoms with E-state index in [0.29, 0.717) is 0 Å². The van der Waals surface area contributed by atoms with E-state index in [1.807, 2.05) is 22.7 Å². The molecular formula is C20H14S2. The molecule has 2 heteroatoms. The molecule has 2 aromatic heterocycles. The molecular weight excluding hydrogens is 304 g/mol. The summed E-state index contributed by atoms with van der Waals surface area (Å²) in [4.78, 5) is 4.22. The molecule has 4 aromatic rings. The zero-order chi connectivity index (χ0) is 14.7. The molecule has 0 aliphatic heterocycles. The molecule has 0 saturated heterocycles. The molecule has 1 aliphatic rings. The standard InChI is InChI=1S/C20H14S2/c1-12-6-9-18(21-12)14-7-8-16-17-10-13-4-2-3-5-15(13)20(17)22-19(16)11-14/h2-9,11H,10H2,1H3. The number of hydrogen-bond donors (Lipinski definition) is 0. The van der Waals surface area contributed by atoms with Gasteiger partial charge in [0.05, 0.1) is 0 Å². The molecule has 2 heterocycles. The Kier molecular flexibility index (Phi) is 2.61. The van der Waals surface area contributed by atoms with Gasteiger partial charge in [-0.2, -0.15) is 0 Å². The Bertz CT molecular complexity index is 1020. The first-order chi connectivity index (χ1) is 10.8. The second-order valence-corrected chi connectivity index (χ2v) is 8.20. The molecule has 0 amide bonds. The topological polar surface area (TPSA) is 0 Å². The van der Waals surface area contributed by atoms with Crippen LogP contribution < -0.4 is 0 Å². The summed E-state index contributed by atoms with van der Waals surface area (Å²) in [5.74, 6) is 0.